The Morgan fingerprint density at radius 2 is 1.76 bits per heavy atom. The molecule has 1 aliphatic heterocycles. The zero-order chi connectivity index (χ0) is 26.8. The zero-order valence-corrected chi connectivity index (χ0v) is 20.3. The van der Waals surface area contributed by atoms with Gasteiger partial charge in [-0.1, -0.05) is 6.07 Å². The van der Waals surface area contributed by atoms with E-state index in [1.54, 1.807) is 35.2 Å². The minimum atomic E-state index is -4.71. The Morgan fingerprint density at radius 3 is 2.38 bits per heavy atom. The van der Waals surface area contributed by atoms with Crippen molar-refractivity contribution in [2.45, 2.75) is 50.9 Å². The largest absolute Gasteiger partial charge is 0.451 e. The van der Waals surface area contributed by atoms with Gasteiger partial charge in [-0.2, -0.15) is 13.2 Å². The maximum absolute atomic E-state index is 13.8. The average Bonchev–Trinajstić information content (AvgIpc) is 2.83. The van der Waals surface area contributed by atoms with Crippen LogP contribution in [0.25, 0.3) is 10.9 Å². The van der Waals surface area contributed by atoms with Crippen molar-refractivity contribution in [3.8, 4) is 0 Å². The summed E-state index contributed by atoms with van der Waals surface area (Å²) in [5.41, 5.74) is 1.28. The first-order valence-corrected chi connectivity index (χ1v) is 11.9. The molecule has 7 nitrogen and oxygen atoms in total. The molecule has 1 fully saturated rings. The Labute approximate surface area is 210 Å². The van der Waals surface area contributed by atoms with Crippen LogP contribution in [0, 0.1) is 0 Å². The molecule has 1 amide bonds. The van der Waals surface area contributed by atoms with Gasteiger partial charge in [-0.05, 0) is 38.1 Å². The summed E-state index contributed by atoms with van der Waals surface area (Å²) in [6.07, 6.45) is -3.42. The molecular formula is C25H27F5N6O. The van der Waals surface area contributed by atoms with E-state index in [1.165, 1.54) is 0 Å². The standard InChI is InChI=1S/C25H27F5N6O/c1-15(2)34-21-7-6-17-18(4-3-5-19(17)35-21)22(37)31-14-20(36-10-8-24(26,27)9-11-36)16-12-32-23(33-13-16)25(28,29)30/h3-7,12-13,15,20H,8-11,14H2,1-2H3,(H,31,37)(H,34,35). The van der Waals surface area contributed by atoms with Gasteiger partial charge in [0.2, 0.25) is 5.82 Å². The molecule has 1 unspecified atom stereocenters. The maximum atomic E-state index is 13.8. The highest BCUT2D eigenvalue weighted by Crippen LogP contribution is 2.33. The number of pyridine rings is 1. The lowest BCUT2D eigenvalue weighted by molar-refractivity contribution is -0.145. The van der Waals surface area contributed by atoms with E-state index in [2.05, 4.69) is 25.6 Å². The van der Waals surface area contributed by atoms with Crippen LogP contribution in [0.1, 0.15) is 54.5 Å². The van der Waals surface area contributed by atoms with Crippen LogP contribution in [0.5, 0.6) is 0 Å². The number of halogens is 5. The molecule has 0 saturated carbocycles. The summed E-state index contributed by atoms with van der Waals surface area (Å²) in [6.45, 7) is 3.96. The van der Waals surface area contributed by atoms with Crippen molar-refractivity contribution in [3.63, 3.8) is 0 Å². The molecule has 2 aromatic heterocycles. The number of amides is 1. The van der Waals surface area contributed by atoms with Crippen molar-refractivity contribution in [2.24, 2.45) is 0 Å². The van der Waals surface area contributed by atoms with Crippen LogP contribution in [0.15, 0.2) is 42.7 Å². The highest BCUT2D eigenvalue weighted by molar-refractivity contribution is 6.06. The number of nitrogens with zero attached hydrogens (tertiary/aromatic N) is 4. The molecule has 1 atom stereocenters. The minimum Gasteiger partial charge on any atom is -0.368 e. The van der Waals surface area contributed by atoms with Crippen molar-refractivity contribution in [3.05, 3.63) is 59.7 Å². The number of fused-ring (bicyclic) bond motifs is 1. The third kappa shape index (κ3) is 6.48. The van der Waals surface area contributed by atoms with Gasteiger partial charge in [0.15, 0.2) is 0 Å². The van der Waals surface area contributed by atoms with Gasteiger partial charge in [0.05, 0.1) is 11.6 Å². The topological polar surface area (TPSA) is 83.0 Å². The first-order valence-electron chi connectivity index (χ1n) is 11.9. The molecule has 37 heavy (non-hydrogen) atoms. The van der Waals surface area contributed by atoms with E-state index < -0.39 is 29.9 Å². The number of alkyl halides is 5. The minimum absolute atomic E-state index is 0.0123. The maximum Gasteiger partial charge on any atom is 0.451 e. The summed E-state index contributed by atoms with van der Waals surface area (Å²) in [7, 11) is 0. The van der Waals surface area contributed by atoms with E-state index in [0.717, 1.165) is 12.4 Å². The highest BCUT2D eigenvalue weighted by Gasteiger charge is 2.38. The Balaban J connectivity index is 1.55. The number of hydrogen-bond acceptors (Lipinski definition) is 6. The first-order chi connectivity index (χ1) is 17.4. The van der Waals surface area contributed by atoms with Gasteiger partial charge in [0, 0.05) is 67.4 Å². The van der Waals surface area contributed by atoms with Crippen molar-refractivity contribution >= 4 is 22.6 Å². The molecule has 0 aliphatic carbocycles. The van der Waals surface area contributed by atoms with Crippen LogP contribution in [-0.2, 0) is 6.18 Å². The van der Waals surface area contributed by atoms with Gasteiger partial charge in [0.1, 0.15) is 5.82 Å². The molecule has 0 bridgehead atoms. The zero-order valence-electron chi connectivity index (χ0n) is 20.3. The van der Waals surface area contributed by atoms with E-state index in [0.29, 0.717) is 27.8 Å². The van der Waals surface area contributed by atoms with Gasteiger partial charge < -0.3 is 10.6 Å². The van der Waals surface area contributed by atoms with Crippen molar-refractivity contribution < 1.29 is 26.7 Å². The summed E-state index contributed by atoms with van der Waals surface area (Å²) in [5, 5.41) is 6.64. The first kappa shape index (κ1) is 26.6. The molecule has 198 valence electrons. The monoisotopic (exact) mass is 522 g/mol. The number of nitrogens with one attached hydrogen (secondary N) is 2. The van der Waals surface area contributed by atoms with Crippen LogP contribution >= 0.6 is 0 Å². The Bertz CT molecular complexity index is 1240. The van der Waals surface area contributed by atoms with Crippen LogP contribution in [0.2, 0.25) is 0 Å². The van der Waals surface area contributed by atoms with Crippen LogP contribution in [0.3, 0.4) is 0 Å². The fraction of sp³-hybridized carbons (Fsp3) is 0.440. The molecule has 1 saturated heterocycles. The molecule has 1 aliphatic rings. The summed E-state index contributed by atoms with van der Waals surface area (Å²) in [4.78, 5) is 26.2. The third-order valence-electron chi connectivity index (χ3n) is 6.15. The molecule has 12 heteroatoms. The Morgan fingerprint density at radius 1 is 1.08 bits per heavy atom. The lowest BCUT2D eigenvalue weighted by Gasteiger charge is -2.37. The predicted octanol–water partition coefficient (Wildman–Crippen LogP) is 5.07. The highest BCUT2D eigenvalue weighted by atomic mass is 19.4. The van der Waals surface area contributed by atoms with E-state index in [-0.39, 0.29) is 38.5 Å². The lowest BCUT2D eigenvalue weighted by atomic mass is 10.0. The fourth-order valence-corrected chi connectivity index (χ4v) is 4.29. The molecule has 0 radical (unpaired) electrons. The quantitative estimate of drug-likeness (QED) is 0.422. The second kappa shape index (κ2) is 10.5. The van der Waals surface area contributed by atoms with Crippen LogP contribution in [0.4, 0.5) is 27.8 Å². The third-order valence-corrected chi connectivity index (χ3v) is 6.15. The number of benzene rings is 1. The number of rotatable bonds is 7. The SMILES string of the molecule is CC(C)Nc1ccc2c(C(=O)NCC(c3cnc(C(F)(F)F)nc3)N3CCC(F)(F)CC3)cccc2n1. The van der Waals surface area contributed by atoms with Gasteiger partial charge in [-0.3, -0.25) is 9.69 Å². The number of carbonyl (C=O) groups is 1. The van der Waals surface area contributed by atoms with E-state index in [1.807, 2.05) is 13.8 Å². The van der Waals surface area contributed by atoms with Crippen molar-refractivity contribution in [2.75, 3.05) is 25.0 Å². The smallest absolute Gasteiger partial charge is 0.368 e. The summed E-state index contributed by atoms with van der Waals surface area (Å²) >= 11 is 0. The Hall–Kier alpha value is -3.41. The molecule has 2 N–H and O–H groups in total. The van der Waals surface area contributed by atoms with Crippen molar-refractivity contribution in [1.82, 2.24) is 25.2 Å². The number of likely N-dealkylation sites (tertiary alicyclic amines) is 1. The van der Waals surface area contributed by atoms with E-state index in [4.69, 9.17) is 0 Å². The van der Waals surface area contributed by atoms with Crippen LogP contribution < -0.4 is 10.6 Å². The summed E-state index contributed by atoms with van der Waals surface area (Å²) in [6, 6.07) is 8.19. The molecule has 3 aromatic rings. The molecule has 4 rings (SSSR count). The van der Waals surface area contributed by atoms with Gasteiger partial charge in [-0.15, -0.1) is 0 Å². The summed E-state index contributed by atoms with van der Waals surface area (Å²) in [5.74, 6) is -3.85. The molecule has 1 aromatic carbocycles. The van der Waals surface area contributed by atoms with Crippen molar-refractivity contribution in [1.29, 1.82) is 0 Å². The number of aromatic nitrogens is 3. The second-order valence-corrected chi connectivity index (χ2v) is 9.32. The van der Waals surface area contributed by atoms with E-state index in [9.17, 15) is 26.7 Å². The number of hydrogen-bond donors (Lipinski definition) is 2. The number of anilines is 1. The van der Waals surface area contributed by atoms with Gasteiger partial charge >= 0.3 is 6.18 Å². The lowest BCUT2D eigenvalue weighted by Crippen LogP contribution is -2.45. The van der Waals surface area contributed by atoms with Crippen LogP contribution in [-0.4, -0.2) is 57.4 Å². The number of piperidine rings is 1. The molecule has 0 spiro atoms. The number of carbonyl (C=O) groups excluding carboxylic acids is 1. The summed E-state index contributed by atoms with van der Waals surface area (Å²) < 4.78 is 66.3. The molecular weight excluding hydrogens is 495 g/mol. The van der Waals surface area contributed by atoms with Gasteiger partial charge in [-0.25, -0.2) is 23.7 Å². The average molecular weight is 523 g/mol. The Kier molecular flexibility index (Phi) is 7.58. The molecule has 3 heterocycles. The second-order valence-electron chi connectivity index (χ2n) is 9.32. The predicted molar refractivity (Wildman–Crippen MR) is 128 cm³/mol. The van der Waals surface area contributed by atoms with E-state index >= 15 is 0 Å². The fourth-order valence-electron chi connectivity index (χ4n) is 4.29. The normalized spacial score (nSPS) is 17.1. The van der Waals surface area contributed by atoms with Gasteiger partial charge in [0.25, 0.3) is 11.8 Å².